The van der Waals surface area contributed by atoms with Crippen molar-refractivity contribution in [2.45, 2.75) is 6.54 Å². The summed E-state index contributed by atoms with van der Waals surface area (Å²) in [6, 6.07) is 5.23. The van der Waals surface area contributed by atoms with Crippen molar-refractivity contribution in [2.75, 3.05) is 0 Å². The van der Waals surface area contributed by atoms with Gasteiger partial charge >= 0.3 is 0 Å². The van der Waals surface area contributed by atoms with Crippen molar-refractivity contribution >= 4 is 33.1 Å². The van der Waals surface area contributed by atoms with Gasteiger partial charge in [-0.3, -0.25) is 9.36 Å². The van der Waals surface area contributed by atoms with E-state index in [1.54, 1.807) is 18.2 Å². The zero-order chi connectivity index (χ0) is 10.8. The van der Waals surface area contributed by atoms with Crippen LogP contribution in [0.15, 0.2) is 33.8 Å². The van der Waals surface area contributed by atoms with E-state index < -0.39 is 0 Å². The number of fused-ring (bicyclic) bond motifs is 1. The molecule has 0 saturated carbocycles. The Balaban J connectivity index is 2.74. The molecule has 4 nitrogen and oxygen atoms in total. The predicted octanol–water partition coefficient (Wildman–Crippen LogP) is 1.36. The normalized spacial score (nSPS) is 10.5. The molecule has 1 aromatic carbocycles. The molecule has 1 aromatic heterocycles. The molecule has 76 valence electrons. The second-order valence-electron chi connectivity index (χ2n) is 3.03. The molecule has 5 heteroatoms. The molecular formula is C10H7BrN2O2. The predicted molar refractivity (Wildman–Crippen MR) is 59.8 cm³/mol. The smallest absolute Gasteiger partial charge is 0.261 e. The highest BCUT2D eigenvalue weighted by molar-refractivity contribution is 9.10. The Kier molecular flexibility index (Phi) is 2.64. The Labute approximate surface area is 93.7 Å². The first-order chi connectivity index (χ1) is 7.22. The molecule has 0 unspecified atom stereocenters. The fourth-order valence-corrected chi connectivity index (χ4v) is 1.69. The number of hydrogen-bond donors (Lipinski definition) is 0. The van der Waals surface area contributed by atoms with E-state index >= 15 is 0 Å². The quantitative estimate of drug-likeness (QED) is 0.772. The summed E-state index contributed by atoms with van der Waals surface area (Å²) in [5.41, 5.74) is 0.427. The van der Waals surface area contributed by atoms with Gasteiger partial charge < -0.3 is 4.79 Å². The Bertz CT molecular complexity index is 577. The highest BCUT2D eigenvalue weighted by atomic mass is 79.9. The highest BCUT2D eigenvalue weighted by Gasteiger charge is 2.03. The van der Waals surface area contributed by atoms with Gasteiger partial charge in [0.25, 0.3) is 5.56 Å². The molecule has 0 aliphatic heterocycles. The standard InChI is InChI=1S/C10H7BrN2O2/c11-7-1-2-8-9(5-7)12-6-13(3-4-14)10(8)15/h1-2,4-6H,3H2. The van der Waals surface area contributed by atoms with E-state index in [1.807, 2.05) is 0 Å². The molecule has 1 heterocycles. The van der Waals surface area contributed by atoms with Gasteiger partial charge in [-0.1, -0.05) is 15.9 Å². The van der Waals surface area contributed by atoms with Crippen LogP contribution in [0.5, 0.6) is 0 Å². The summed E-state index contributed by atoms with van der Waals surface area (Å²) in [5, 5.41) is 0.516. The van der Waals surface area contributed by atoms with Gasteiger partial charge in [-0.25, -0.2) is 4.98 Å². The first-order valence-electron chi connectivity index (χ1n) is 4.30. The molecule has 0 radical (unpaired) electrons. The average Bonchev–Trinajstić information content (AvgIpc) is 2.22. The monoisotopic (exact) mass is 266 g/mol. The summed E-state index contributed by atoms with van der Waals surface area (Å²) in [5.74, 6) is 0. The van der Waals surface area contributed by atoms with Crippen LogP contribution in [-0.4, -0.2) is 15.8 Å². The van der Waals surface area contributed by atoms with E-state index in [-0.39, 0.29) is 12.1 Å². The lowest BCUT2D eigenvalue weighted by Crippen LogP contribution is -2.21. The number of benzene rings is 1. The van der Waals surface area contributed by atoms with Crippen LogP contribution < -0.4 is 5.56 Å². The minimum absolute atomic E-state index is 0.0395. The minimum atomic E-state index is -0.195. The van der Waals surface area contributed by atoms with Crippen LogP contribution in [0.1, 0.15) is 0 Å². The lowest BCUT2D eigenvalue weighted by molar-refractivity contribution is -0.108. The van der Waals surface area contributed by atoms with Gasteiger partial charge in [-0.05, 0) is 18.2 Å². The van der Waals surface area contributed by atoms with Crippen molar-refractivity contribution in [3.63, 3.8) is 0 Å². The van der Waals surface area contributed by atoms with E-state index in [4.69, 9.17) is 0 Å². The molecule has 0 aliphatic carbocycles. The van der Waals surface area contributed by atoms with Gasteiger partial charge in [0, 0.05) is 4.47 Å². The Morgan fingerprint density at radius 2 is 2.27 bits per heavy atom. The van der Waals surface area contributed by atoms with E-state index in [0.29, 0.717) is 17.2 Å². The molecule has 2 rings (SSSR count). The maximum atomic E-state index is 11.8. The maximum absolute atomic E-state index is 11.8. The van der Waals surface area contributed by atoms with Crippen molar-refractivity contribution < 1.29 is 4.79 Å². The number of halogens is 1. The van der Waals surface area contributed by atoms with Crippen LogP contribution in [-0.2, 0) is 11.3 Å². The highest BCUT2D eigenvalue weighted by Crippen LogP contribution is 2.14. The summed E-state index contributed by atoms with van der Waals surface area (Å²) in [4.78, 5) is 26.2. The van der Waals surface area contributed by atoms with E-state index in [9.17, 15) is 9.59 Å². The van der Waals surface area contributed by atoms with Crippen LogP contribution in [0.25, 0.3) is 10.9 Å². The van der Waals surface area contributed by atoms with Crippen LogP contribution >= 0.6 is 15.9 Å². The Morgan fingerprint density at radius 1 is 1.47 bits per heavy atom. The van der Waals surface area contributed by atoms with E-state index in [2.05, 4.69) is 20.9 Å². The van der Waals surface area contributed by atoms with Crippen molar-refractivity contribution in [3.05, 3.63) is 39.4 Å². The summed E-state index contributed by atoms with van der Waals surface area (Å²) in [7, 11) is 0. The Morgan fingerprint density at radius 3 is 3.00 bits per heavy atom. The van der Waals surface area contributed by atoms with Gasteiger partial charge in [-0.2, -0.15) is 0 Å². The number of aldehydes is 1. The molecule has 0 bridgehead atoms. The molecule has 0 amide bonds. The third-order valence-electron chi connectivity index (χ3n) is 2.06. The van der Waals surface area contributed by atoms with Crippen molar-refractivity contribution in [3.8, 4) is 0 Å². The Hall–Kier alpha value is -1.49. The lowest BCUT2D eigenvalue weighted by Gasteiger charge is -2.02. The molecule has 0 saturated heterocycles. The zero-order valence-corrected chi connectivity index (χ0v) is 9.27. The number of carbonyl (C=O) groups is 1. The molecule has 0 aliphatic rings. The third kappa shape index (κ3) is 1.83. The van der Waals surface area contributed by atoms with Crippen LogP contribution in [0.4, 0.5) is 0 Å². The summed E-state index contributed by atoms with van der Waals surface area (Å²) in [6.45, 7) is 0.0395. The fraction of sp³-hybridized carbons (Fsp3) is 0.100. The molecular weight excluding hydrogens is 260 g/mol. The number of hydrogen-bond acceptors (Lipinski definition) is 3. The van der Waals surface area contributed by atoms with E-state index in [0.717, 1.165) is 4.47 Å². The minimum Gasteiger partial charge on any atom is -0.301 e. The molecule has 0 fully saturated rings. The number of carbonyl (C=O) groups excluding carboxylic acids is 1. The number of aromatic nitrogens is 2. The average molecular weight is 267 g/mol. The van der Waals surface area contributed by atoms with Crippen molar-refractivity contribution in [2.24, 2.45) is 0 Å². The molecule has 0 atom stereocenters. The number of rotatable bonds is 2. The zero-order valence-electron chi connectivity index (χ0n) is 7.68. The number of nitrogens with zero attached hydrogens (tertiary/aromatic N) is 2. The fourth-order valence-electron chi connectivity index (χ4n) is 1.34. The van der Waals surface area contributed by atoms with Gasteiger partial charge in [-0.15, -0.1) is 0 Å². The van der Waals surface area contributed by atoms with Crippen LogP contribution in [0.3, 0.4) is 0 Å². The molecule has 2 aromatic rings. The van der Waals surface area contributed by atoms with Crippen molar-refractivity contribution in [1.29, 1.82) is 0 Å². The lowest BCUT2D eigenvalue weighted by atomic mass is 10.2. The topological polar surface area (TPSA) is 52.0 Å². The second-order valence-corrected chi connectivity index (χ2v) is 3.95. The van der Waals surface area contributed by atoms with Crippen LogP contribution in [0, 0.1) is 0 Å². The van der Waals surface area contributed by atoms with Gasteiger partial charge in [0.05, 0.1) is 23.8 Å². The van der Waals surface area contributed by atoms with Crippen molar-refractivity contribution in [1.82, 2.24) is 9.55 Å². The first kappa shape index (κ1) is 10.0. The largest absolute Gasteiger partial charge is 0.301 e. The molecule has 15 heavy (non-hydrogen) atoms. The summed E-state index contributed by atoms with van der Waals surface area (Å²) >= 11 is 3.30. The molecule has 0 spiro atoms. The summed E-state index contributed by atoms with van der Waals surface area (Å²) in [6.07, 6.45) is 2.05. The van der Waals surface area contributed by atoms with E-state index in [1.165, 1.54) is 10.9 Å². The third-order valence-corrected chi connectivity index (χ3v) is 2.55. The summed E-state index contributed by atoms with van der Waals surface area (Å²) < 4.78 is 2.15. The van der Waals surface area contributed by atoms with Gasteiger partial charge in [0.2, 0.25) is 0 Å². The second kappa shape index (κ2) is 3.94. The van der Waals surface area contributed by atoms with Gasteiger partial charge in [0.1, 0.15) is 6.29 Å². The van der Waals surface area contributed by atoms with Gasteiger partial charge in [0.15, 0.2) is 0 Å². The first-order valence-corrected chi connectivity index (χ1v) is 5.10. The van der Waals surface area contributed by atoms with Crippen LogP contribution in [0.2, 0.25) is 0 Å². The maximum Gasteiger partial charge on any atom is 0.261 e. The SMILES string of the molecule is O=CCn1cnc2cc(Br)ccc2c1=O. The molecule has 0 N–H and O–H groups in total.